The molecule has 0 aromatic heterocycles. The van der Waals surface area contributed by atoms with Gasteiger partial charge >= 0.3 is 0 Å². The molecule has 0 atom stereocenters. The molecule has 8 rings (SSSR count). The van der Waals surface area contributed by atoms with E-state index in [1.165, 1.54) is 22.3 Å². The summed E-state index contributed by atoms with van der Waals surface area (Å²) >= 11 is 0. The lowest BCUT2D eigenvalue weighted by Gasteiger charge is -1.82. The molecular formula is C92H176O12. The summed E-state index contributed by atoms with van der Waals surface area (Å²) in [4.78, 5) is 0. The van der Waals surface area contributed by atoms with Gasteiger partial charge in [0.2, 0.25) is 0 Å². The first kappa shape index (κ1) is 151. The number of ether oxygens (including phenoxy) is 8. The Morgan fingerprint density at radius 1 is 0.154 bits per heavy atom. The molecule has 0 aliphatic carbocycles. The predicted molar refractivity (Wildman–Crippen MR) is 476 cm³/mol. The molecule has 0 heterocycles. The maximum Gasteiger partial charge on any atom is 0.0402 e. The van der Waals surface area contributed by atoms with Crippen molar-refractivity contribution in [3.8, 4) is 0 Å². The summed E-state index contributed by atoms with van der Waals surface area (Å²) in [5, 5.41) is 30.3. The molecule has 0 unspecified atom stereocenters. The standard InChI is InChI=1S/4C7H8.4C6H6.12C2H6O.8C2H6/c4*1-7-5-3-2-4-6-7;4*1-2-4-6-5-3-1;8*1-3-2;4*1-2-3;8*1-2/h4*2-6H,1H3;4*1-6H;8*1-2H3;4*3H,2H2,1H3;8*1-2H3. The number of benzene rings is 8. The van der Waals surface area contributed by atoms with Crippen LogP contribution >= 0.6 is 0 Å². The van der Waals surface area contributed by atoms with Crippen LogP contribution in [-0.2, 0) is 37.9 Å². The third kappa shape index (κ3) is 349. The number of methoxy groups -OCH3 is 8. The van der Waals surface area contributed by atoms with E-state index in [1.807, 2.05) is 329 Å². The lowest BCUT2D eigenvalue weighted by Crippen LogP contribution is -1.62. The van der Waals surface area contributed by atoms with Crippen LogP contribution in [0, 0.1) is 27.7 Å². The molecule has 8 aromatic carbocycles. The first-order valence-electron chi connectivity index (χ1n) is 36.3. The van der Waals surface area contributed by atoms with E-state index in [2.05, 4.69) is 114 Å². The van der Waals surface area contributed by atoms with Crippen molar-refractivity contribution in [2.45, 2.75) is 166 Å². The molecule has 0 bridgehead atoms. The van der Waals surface area contributed by atoms with Gasteiger partial charge in [-0.15, -0.1) is 0 Å². The molecular weight excluding hydrogens is 1300 g/mol. The second kappa shape index (κ2) is 233. The lowest BCUT2D eigenvalue weighted by atomic mass is 10.2. The number of hydrogen-bond acceptors (Lipinski definition) is 12. The zero-order valence-electron chi connectivity index (χ0n) is 75.3. The van der Waals surface area contributed by atoms with Gasteiger partial charge in [-0.3, -0.25) is 0 Å². The highest BCUT2D eigenvalue weighted by Gasteiger charge is 1.74. The van der Waals surface area contributed by atoms with Gasteiger partial charge in [0.15, 0.2) is 0 Å². The summed E-state index contributed by atoms with van der Waals surface area (Å²) in [6, 6.07) is 89.0. The second-order valence-electron chi connectivity index (χ2n) is 15.8. The fraction of sp³-hybridized carbons (Fsp3) is 0.478. The van der Waals surface area contributed by atoms with Crippen LogP contribution in [0.2, 0.25) is 0 Å². The molecule has 0 radical (unpaired) electrons. The third-order valence-electron chi connectivity index (χ3n) is 6.43. The van der Waals surface area contributed by atoms with Gasteiger partial charge in [0.05, 0.1) is 0 Å². The summed E-state index contributed by atoms with van der Waals surface area (Å²) < 4.78 is 34.0. The Morgan fingerprint density at radius 2 is 0.192 bits per heavy atom. The first-order chi connectivity index (χ1) is 50.5. The quantitative estimate of drug-likeness (QED) is 0.114. The van der Waals surface area contributed by atoms with Crippen LogP contribution in [0.3, 0.4) is 0 Å². The monoisotopic (exact) mass is 1470 g/mol. The Labute approximate surface area is 650 Å². The molecule has 616 valence electrons. The summed E-state index contributed by atoms with van der Waals surface area (Å²) in [6.07, 6.45) is 0. The van der Waals surface area contributed by atoms with E-state index >= 15 is 0 Å². The van der Waals surface area contributed by atoms with Crippen molar-refractivity contribution in [3.63, 3.8) is 0 Å². The zero-order valence-corrected chi connectivity index (χ0v) is 75.3. The van der Waals surface area contributed by atoms with Crippen molar-refractivity contribution in [2.75, 3.05) is 140 Å². The Hall–Kier alpha value is -6.72. The van der Waals surface area contributed by atoms with Gasteiger partial charge in [-0.05, 0) is 55.4 Å². The molecule has 12 heteroatoms. The van der Waals surface area contributed by atoms with E-state index < -0.39 is 0 Å². The first-order valence-corrected chi connectivity index (χ1v) is 36.3. The molecule has 0 saturated heterocycles. The number of hydrogen-bond donors (Lipinski definition) is 4. The fourth-order valence-electron chi connectivity index (χ4n) is 3.68. The molecule has 0 saturated carbocycles. The number of aliphatic hydroxyl groups excluding tert-OH is 4. The van der Waals surface area contributed by atoms with E-state index in [1.54, 1.807) is 141 Å². The SMILES string of the molecule is CC.CC.CC.CC.CC.CC.CC.CC.CCO.CCO.CCO.CCO.COC.COC.COC.COC.COC.COC.COC.COC.Cc1ccccc1.Cc1ccccc1.Cc1ccccc1.Cc1ccccc1.c1ccccc1.c1ccccc1.c1ccccc1.c1ccccc1. The highest BCUT2D eigenvalue weighted by Crippen LogP contribution is 1.94. The number of aryl methyl sites for hydroxylation is 4. The maximum atomic E-state index is 7.57. The van der Waals surface area contributed by atoms with Crippen molar-refractivity contribution in [3.05, 3.63) is 289 Å². The average molecular weight is 1470 g/mol. The van der Waals surface area contributed by atoms with Crippen LogP contribution in [0.25, 0.3) is 0 Å². The van der Waals surface area contributed by atoms with Gasteiger partial charge in [0, 0.05) is 140 Å². The van der Waals surface area contributed by atoms with Crippen LogP contribution in [-0.4, -0.2) is 161 Å². The van der Waals surface area contributed by atoms with E-state index in [-0.39, 0.29) is 26.4 Å². The van der Waals surface area contributed by atoms with Crippen LogP contribution < -0.4 is 0 Å². The smallest absolute Gasteiger partial charge is 0.0402 e. The van der Waals surface area contributed by atoms with Gasteiger partial charge in [-0.1, -0.05) is 400 Å². The van der Waals surface area contributed by atoms with Crippen molar-refractivity contribution in [1.29, 1.82) is 0 Å². The summed E-state index contributed by atoms with van der Waals surface area (Å²) in [5.41, 5.74) is 5.29. The minimum Gasteiger partial charge on any atom is -0.397 e. The molecule has 0 amide bonds. The Bertz CT molecular complexity index is 1580. The Balaban J connectivity index is -0.0000000396. The normalized spacial score (nSPS) is 6.73. The fourth-order valence-corrected chi connectivity index (χ4v) is 3.68. The van der Waals surface area contributed by atoms with E-state index in [4.69, 9.17) is 20.4 Å². The zero-order chi connectivity index (χ0) is 85.9. The van der Waals surface area contributed by atoms with Gasteiger partial charge in [0.25, 0.3) is 0 Å². The van der Waals surface area contributed by atoms with Gasteiger partial charge in [0.1, 0.15) is 0 Å². The van der Waals surface area contributed by atoms with E-state index in [0.29, 0.717) is 0 Å². The molecule has 12 nitrogen and oxygen atoms in total. The summed E-state index contributed by atoms with van der Waals surface area (Å²) in [5.74, 6) is 0. The molecule has 8 aromatic rings. The number of rotatable bonds is 0. The largest absolute Gasteiger partial charge is 0.397 e. The Morgan fingerprint density at radius 3 is 0.221 bits per heavy atom. The van der Waals surface area contributed by atoms with E-state index in [9.17, 15) is 0 Å². The Kier molecular flexibility index (Phi) is 338. The molecule has 0 aliphatic heterocycles. The highest BCUT2D eigenvalue weighted by molar-refractivity contribution is 5.14. The predicted octanol–water partition coefficient (Wildman–Crippen LogP) is 25.0. The van der Waals surface area contributed by atoms with Gasteiger partial charge in [-0.25, -0.2) is 0 Å². The lowest BCUT2D eigenvalue weighted by molar-refractivity contribution is 0.277. The molecule has 0 fully saturated rings. The average Bonchev–Trinajstić information content (AvgIpc) is 1.84. The number of aliphatic hydroxyl groups is 4. The second-order valence-corrected chi connectivity index (χ2v) is 15.8. The minimum absolute atomic E-state index is 0.250. The van der Waals surface area contributed by atoms with Crippen LogP contribution in [0.15, 0.2) is 267 Å². The molecule has 104 heavy (non-hydrogen) atoms. The maximum absolute atomic E-state index is 7.57. The molecule has 4 N–H and O–H groups in total. The van der Waals surface area contributed by atoms with Crippen molar-refractivity contribution in [1.82, 2.24) is 0 Å². The van der Waals surface area contributed by atoms with Crippen molar-refractivity contribution >= 4 is 0 Å². The topological polar surface area (TPSA) is 155 Å². The van der Waals surface area contributed by atoms with Crippen molar-refractivity contribution in [2.24, 2.45) is 0 Å². The third-order valence-corrected chi connectivity index (χ3v) is 6.43. The van der Waals surface area contributed by atoms with E-state index in [0.717, 1.165) is 0 Å². The highest BCUT2D eigenvalue weighted by atomic mass is 16.5. The summed E-state index contributed by atoms with van der Waals surface area (Å²) in [7, 11) is 26.0. The van der Waals surface area contributed by atoms with Crippen molar-refractivity contribution < 1.29 is 58.3 Å². The van der Waals surface area contributed by atoms with Crippen LogP contribution in [0.5, 0.6) is 0 Å². The van der Waals surface area contributed by atoms with Crippen LogP contribution in [0.4, 0.5) is 0 Å². The minimum atomic E-state index is 0.250. The van der Waals surface area contributed by atoms with Crippen LogP contribution in [0.1, 0.15) is 161 Å². The molecule has 0 spiro atoms. The van der Waals surface area contributed by atoms with Gasteiger partial charge in [-0.2, -0.15) is 0 Å². The molecule has 0 aliphatic rings. The van der Waals surface area contributed by atoms with Gasteiger partial charge < -0.3 is 58.3 Å². The summed E-state index contributed by atoms with van der Waals surface area (Å²) in [6.45, 7) is 48.1.